The highest BCUT2D eigenvalue weighted by Gasteiger charge is 2.16. The lowest BCUT2D eigenvalue weighted by Crippen LogP contribution is -2.12. The molecule has 0 aromatic heterocycles. The minimum atomic E-state index is 0.279. The van der Waals surface area contributed by atoms with Gasteiger partial charge in [0.1, 0.15) is 0 Å². The zero-order valence-corrected chi connectivity index (χ0v) is 12.9. The molecule has 1 aromatic carbocycles. The van der Waals surface area contributed by atoms with Crippen LogP contribution in [0.15, 0.2) is 28.7 Å². The van der Waals surface area contributed by atoms with Gasteiger partial charge in [0, 0.05) is 17.7 Å². The average Bonchev–Trinajstić information content (AvgIpc) is 2.93. The molecule has 19 heavy (non-hydrogen) atoms. The summed E-state index contributed by atoms with van der Waals surface area (Å²) < 4.78 is 6.74. The Morgan fingerprint density at radius 1 is 1.32 bits per heavy atom. The summed E-state index contributed by atoms with van der Waals surface area (Å²) in [5, 5.41) is 9.49. The molecule has 2 rings (SSSR count). The molecule has 1 aromatic rings. The number of rotatable bonds is 7. The molecule has 1 N–H and O–H groups in total. The van der Waals surface area contributed by atoms with Gasteiger partial charge in [-0.2, -0.15) is 0 Å². The first-order valence-electron chi connectivity index (χ1n) is 7.25. The van der Waals surface area contributed by atoms with Crippen molar-refractivity contribution in [2.45, 2.75) is 44.6 Å². The lowest BCUT2D eigenvalue weighted by Gasteiger charge is -2.15. The van der Waals surface area contributed by atoms with Crippen molar-refractivity contribution in [3.63, 3.8) is 0 Å². The van der Waals surface area contributed by atoms with Crippen molar-refractivity contribution >= 4 is 15.9 Å². The molecule has 1 fully saturated rings. The maximum Gasteiger partial charge on any atom is 0.0576 e. The average molecular weight is 327 g/mol. The number of aliphatic hydroxyl groups excluding tert-OH is 1. The van der Waals surface area contributed by atoms with Crippen LogP contribution < -0.4 is 0 Å². The van der Waals surface area contributed by atoms with E-state index in [2.05, 4.69) is 40.2 Å². The molecular weight excluding hydrogens is 304 g/mol. The standard InChI is InChI=1S/C16H23BrO2/c17-15-8-6-13(7-9-15)11-14(12-18)3-1-4-16-5-2-10-19-16/h6-9,14,16,18H,1-5,10-12H2. The van der Waals surface area contributed by atoms with Crippen LogP contribution in [0.1, 0.15) is 37.7 Å². The lowest BCUT2D eigenvalue weighted by molar-refractivity contribution is 0.0990. The minimum absolute atomic E-state index is 0.279. The second kappa shape index (κ2) is 8.03. The number of halogens is 1. The number of ether oxygens (including phenoxy) is 1. The Morgan fingerprint density at radius 2 is 2.11 bits per heavy atom. The van der Waals surface area contributed by atoms with Gasteiger partial charge in [-0.05, 0) is 55.7 Å². The van der Waals surface area contributed by atoms with Crippen molar-refractivity contribution in [1.82, 2.24) is 0 Å². The van der Waals surface area contributed by atoms with Gasteiger partial charge in [0.2, 0.25) is 0 Å². The van der Waals surface area contributed by atoms with Crippen molar-refractivity contribution < 1.29 is 9.84 Å². The predicted octanol–water partition coefficient (Wildman–Crippen LogP) is 3.95. The number of hydrogen-bond acceptors (Lipinski definition) is 2. The van der Waals surface area contributed by atoms with Crippen LogP contribution in [0.4, 0.5) is 0 Å². The smallest absolute Gasteiger partial charge is 0.0576 e. The fourth-order valence-corrected chi connectivity index (χ4v) is 2.98. The summed E-state index contributed by atoms with van der Waals surface area (Å²) in [7, 11) is 0. The summed E-state index contributed by atoms with van der Waals surface area (Å²) in [6, 6.07) is 8.39. The van der Waals surface area contributed by atoms with Gasteiger partial charge in [-0.15, -0.1) is 0 Å². The predicted molar refractivity (Wildman–Crippen MR) is 81.2 cm³/mol. The molecule has 2 unspecified atom stereocenters. The number of benzene rings is 1. The van der Waals surface area contributed by atoms with Crippen LogP contribution in [-0.4, -0.2) is 24.4 Å². The highest BCUT2D eigenvalue weighted by molar-refractivity contribution is 9.10. The maximum absolute atomic E-state index is 9.49. The quantitative estimate of drug-likeness (QED) is 0.822. The van der Waals surface area contributed by atoms with Gasteiger partial charge in [-0.1, -0.05) is 34.5 Å². The van der Waals surface area contributed by atoms with Crippen LogP contribution >= 0.6 is 15.9 Å². The molecule has 0 radical (unpaired) electrons. The Balaban J connectivity index is 1.71. The molecule has 1 saturated heterocycles. The molecule has 0 bridgehead atoms. The number of hydrogen-bond donors (Lipinski definition) is 1. The Kier molecular flexibility index (Phi) is 6.35. The van der Waals surface area contributed by atoms with Gasteiger partial charge in [-0.3, -0.25) is 0 Å². The summed E-state index contributed by atoms with van der Waals surface area (Å²) in [4.78, 5) is 0. The van der Waals surface area contributed by atoms with Gasteiger partial charge in [0.15, 0.2) is 0 Å². The van der Waals surface area contributed by atoms with E-state index < -0.39 is 0 Å². The normalized spacial score (nSPS) is 20.6. The Morgan fingerprint density at radius 3 is 2.74 bits per heavy atom. The van der Waals surface area contributed by atoms with E-state index in [4.69, 9.17) is 4.74 Å². The zero-order valence-electron chi connectivity index (χ0n) is 11.4. The third-order valence-corrected chi connectivity index (χ3v) is 4.39. The molecule has 0 amide bonds. The monoisotopic (exact) mass is 326 g/mol. The highest BCUT2D eigenvalue weighted by Crippen LogP contribution is 2.21. The van der Waals surface area contributed by atoms with E-state index in [1.54, 1.807) is 0 Å². The van der Waals surface area contributed by atoms with E-state index in [1.165, 1.54) is 18.4 Å². The molecule has 1 aliphatic rings. The van der Waals surface area contributed by atoms with Crippen molar-refractivity contribution in [3.8, 4) is 0 Å². The van der Waals surface area contributed by atoms with Gasteiger partial charge >= 0.3 is 0 Å². The van der Waals surface area contributed by atoms with Gasteiger partial charge in [0.25, 0.3) is 0 Å². The van der Waals surface area contributed by atoms with Crippen LogP contribution in [0.2, 0.25) is 0 Å². The van der Waals surface area contributed by atoms with Crippen LogP contribution in [0, 0.1) is 5.92 Å². The van der Waals surface area contributed by atoms with Crippen molar-refractivity contribution in [2.24, 2.45) is 5.92 Å². The van der Waals surface area contributed by atoms with Crippen LogP contribution in [-0.2, 0) is 11.2 Å². The van der Waals surface area contributed by atoms with Crippen LogP contribution in [0.3, 0.4) is 0 Å². The van der Waals surface area contributed by atoms with E-state index in [9.17, 15) is 5.11 Å². The highest BCUT2D eigenvalue weighted by atomic mass is 79.9. The second-order valence-corrected chi connectivity index (χ2v) is 6.36. The van der Waals surface area contributed by atoms with Gasteiger partial charge in [-0.25, -0.2) is 0 Å². The summed E-state index contributed by atoms with van der Waals surface area (Å²) >= 11 is 3.45. The third-order valence-electron chi connectivity index (χ3n) is 3.86. The fourth-order valence-electron chi connectivity index (χ4n) is 2.72. The molecule has 2 atom stereocenters. The van der Waals surface area contributed by atoms with Crippen LogP contribution in [0.5, 0.6) is 0 Å². The first kappa shape index (κ1) is 15.0. The zero-order chi connectivity index (χ0) is 13.5. The Hall–Kier alpha value is -0.380. The molecule has 3 heteroatoms. The molecule has 1 aliphatic heterocycles. The summed E-state index contributed by atoms with van der Waals surface area (Å²) in [6.07, 6.45) is 7.28. The van der Waals surface area contributed by atoms with Crippen molar-refractivity contribution in [2.75, 3.05) is 13.2 Å². The second-order valence-electron chi connectivity index (χ2n) is 5.45. The Bertz CT molecular complexity index is 358. The molecule has 0 aliphatic carbocycles. The van der Waals surface area contributed by atoms with Gasteiger partial charge < -0.3 is 9.84 Å². The third kappa shape index (κ3) is 5.25. The SMILES string of the molecule is OCC(CCCC1CCCO1)Cc1ccc(Br)cc1. The van der Waals surface area contributed by atoms with E-state index in [0.717, 1.165) is 36.8 Å². The summed E-state index contributed by atoms with van der Waals surface area (Å²) in [5.74, 6) is 0.377. The summed E-state index contributed by atoms with van der Waals surface area (Å²) in [5.41, 5.74) is 1.30. The topological polar surface area (TPSA) is 29.5 Å². The molecular formula is C16H23BrO2. The van der Waals surface area contributed by atoms with E-state index in [1.807, 2.05) is 0 Å². The van der Waals surface area contributed by atoms with Crippen molar-refractivity contribution in [3.05, 3.63) is 34.3 Å². The van der Waals surface area contributed by atoms with Crippen LogP contribution in [0.25, 0.3) is 0 Å². The number of aliphatic hydroxyl groups is 1. The fraction of sp³-hybridized carbons (Fsp3) is 0.625. The van der Waals surface area contributed by atoms with E-state index in [-0.39, 0.29) is 6.61 Å². The van der Waals surface area contributed by atoms with E-state index >= 15 is 0 Å². The molecule has 0 saturated carbocycles. The summed E-state index contributed by atoms with van der Waals surface area (Å²) in [6.45, 7) is 1.22. The molecule has 0 spiro atoms. The molecule has 1 heterocycles. The first-order valence-corrected chi connectivity index (χ1v) is 8.04. The first-order chi connectivity index (χ1) is 9.28. The van der Waals surface area contributed by atoms with E-state index in [0.29, 0.717) is 12.0 Å². The maximum atomic E-state index is 9.49. The molecule has 2 nitrogen and oxygen atoms in total. The molecule has 106 valence electrons. The lowest BCUT2D eigenvalue weighted by atomic mass is 9.94. The minimum Gasteiger partial charge on any atom is -0.396 e. The largest absolute Gasteiger partial charge is 0.396 e. The Labute approximate surface area is 124 Å². The van der Waals surface area contributed by atoms with Crippen molar-refractivity contribution in [1.29, 1.82) is 0 Å². The van der Waals surface area contributed by atoms with Gasteiger partial charge in [0.05, 0.1) is 6.10 Å².